The van der Waals surface area contributed by atoms with Gasteiger partial charge in [0.05, 0.1) is 36.0 Å². The molecule has 1 aliphatic heterocycles. The van der Waals surface area contributed by atoms with E-state index in [2.05, 4.69) is 57.9 Å². The molecule has 52 heavy (non-hydrogen) atoms. The number of benzene rings is 3. The van der Waals surface area contributed by atoms with Crippen LogP contribution in [0.4, 0.5) is 0 Å². The Kier molecular flexibility index (Phi) is 12.4. The number of β-amino-alcohol motifs (C(OH)–C–C–N with tert-alkyl or cyclic N) is 1. The molecular weight excluding hydrogens is 678 g/mol. The van der Waals surface area contributed by atoms with Crippen LogP contribution in [-0.2, 0) is 26.3 Å². The molecule has 270 valence electrons. The maximum atomic E-state index is 9.80. The van der Waals surface area contributed by atoms with Crippen LogP contribution in [-0.4, -0.2) is 64.3 Å². The zero-order valence-corrected chi connectivity index (χ0v) is 30.6. The first kappa shape index (κ1) is 36.9. The summed E-state index contributed by atoms with van der Waals surface area (Å²) in [5, 5.41) is 19.6. The third kappa shape index (κ3) is 9.49. The Balaban J connectivity index is 1.16. The van der Waals surface area contributed by atoms with Crippen LogP contribution in [0.2, 0.25) is 5.02 Å². The van der Waals surface area contributed by atoms with Crippen LogP contribution in [0, 0.1) is 25.2 Å². The average molecular weight is 722 g/mol. The lowest BCUT2D eigenvalue weighted by molar-refractivity contribution is 0.173. The summed E-state index contributed by atoms with van der Waals surface area (Å²) < 4.78 is 24.4. The lowest BCUT2D eigenvalue weighted by atomic mass is 9.93. The van der Waals surface area contributed by atoms with E-state index in [9.17, 15) is 10.4 Å². The summed E-state index contributed by atoms with van der Waals surface area (Å²) in [6, 6.07) is 20.0. The van der Waals surface area contributed by atoms with Crippen LogP contribution in [0.3, 0.4) is 0 Å². The number of nitrogens with zero attached hydrogens (tertiary/aromatic N) is 5. The molecule has 0 amide bonds. The minimum atomic E-state index is -0.203. The Labute approximate surface area is 310 Å². The van der Waals surface area contributed by atoms with Crippen molar-refractivity contribution in [3.8, 4) is 34.4 Å². The maximum absolute atomic E-state index is 9.80. The summed E-state index contributed by atoms with van der Waals surface area (Å²) >= 11 is 6.85. The number of aliphatic hydroxyl groups is 1. The molecule has 6 rings (SSSR count). The van der Waals surface area contributed by atoms with E-state index in [0.717, 1.165) is 77.2 Å². The van der Waals surface area contributed by atoms with Gasteiger partial charge in [-0.05, 0) is 79.8 Å². The summed E-state index contributed by atoms with van der Waals surface area (Å²) in [5.41, 5.74) is 7.56. The van der Waals surface area contributed by atoms with Crippen molar-refractivity contribution in [3.63, 3.8) is 0 Å². The van der Waals surface area contributed by atoms with Gasteiger partial charge in [-0.2, -0.15) is 5.26 Å². The highest BCUT2D eigenvalue weighted by molar-refractivity contribution is 6.32. The third-order valence-electron chi connectivity index (χ3n) is 9.29. The third-order valence-corrected chi connectivity index (χ3v) is 9.58. The molecule has 3 aromatic carbocycles. The van der Waals surface area contributed by atoms with Gasteiger partial charge in [0.25, 0.3) is 0 Å². The molecule has 1 N–H and O–H groups in total. The number of nitriles is 1. The van der Waals surface area contributed by atoms with Crippen molar-refractivity contribution in [2.24, 2.45) is 0 Å². The number of oxazole rings is 1. The SMILES string of the molecule is Cc1c(COc2cc(OCc3cncc(C#N)c3)c(CN(C)Cc3ncco3)cc2Cl)cccc1-c1cccc(OCCCN2CCC(O)C2)c1C. The average Bonchev–Trinajstić information content (AvgIpc) is 3.82. The zero-order valence-electron chi connectivity index (χ0n) is 29.8. The van der Waals surface area contributed by atoms with Gasteiger partial charge in [-0.3, -0.25) is 9.88 Å². The molecule has 0 bridgehead atoms. The topological polar surface area (TPSA) is 117 Å². The first-order valence-corrected chi connectivity index (χ1v) is 17.9. The van der Waals surface area contributed by atoms with Crippen molar-refractivity contribution < 1.29 is 23.7 Å². The van der Waals surface area contributed by atoms with Gasteiger partial charge in [-0.15, -0.1) is 0 Å². The number of pyridine rings is 1. The summed E-state index contributed by atoms with van der Waals surface area (Å²) in [6.07, 6.45) is 7.94. The highest BCUT2D eigenvalue weighted by Crippen LogP contribution is 2.37. The molecule has 5 aromatic rings. The molecule has 1 saturated heterocycles. The van der Waals surface area contributed by atoms with Crippen LogP contribution in [0.5, 0.6) is 17.2 Å². The van der Waals surface area contributed by atoms with E-state index in [4.69, 9.17) is 30.2 Å². The lowest BCUT2D eigenvalue weighted by Gasteiger charge is -2.20. The fraction of sp³-hybridized carbons (Fsp3) is 0.341. The number of aromatic nitrogens is 2. The summed E-state index contributed by atoms with van der Waals surface area (Å²) in [7, 11) is 1.97. The molecule has 1 fully saturated rings. The number of rotatable bonds is 16. The normalized spacial score (nSPS) is 14.4. The number of hydrogen-bond donors (Lipinski definition) is 1. The van der Waals surface area contributed by atoms with E-state index in [1.54, 1.807) is 24.7 Å². The van der Waals surface area contributed by atoms with Gasteiger partial charge < -0.3 is 28.6 Å². The fourth-order valence-corrected chi connectivity index (χ4v) is 6.72. The number of hydrogen-bond acceptors (Lipinski definition) is 10. The van der Waals surface area contributed by atoms with Crippen molar-refractivity contribution in [2.45, 2.75) is 59.1 Å². The van der Waals surface area contributed by atoms with E-state index < -0.39 is 0 Å². The predicted octanol–water partition coefficient (Wildman–Crippen LogP) is 7.50. The molecule has 0 spiro atoms. The monoisotopic (exact) mass is 721 g/mol. The second-order valence-corrected chi connectivity index (χ2v) is 13.6. The standard InChI is InChI=1S/C41H44ClN5O5/c1-28-32(7-4-8-35(28)36-9-5-10-38(29(36)2)49-15-6-13-47-14-11-34(48)24-47)27-52-40-19-39(51-26-31-17-30(20-43)21-44-22-31)33(18-37(40)42)23-46(3)25-41-45-12-16-50-41/h4-5,7-10,12,16-19,21-22,34,48H,6,11,13-15,23-27H2,1-3H3. The van der Waals surface area contributed by atoms with Crippen molar-refractivity contribution in [3.05, 3.63) is 124 Å². The van der Waals surface area contributed by atoms with Crippen molar-refractivity contribution in [1.82, 2.24) is 19.8 Å². The number of aliphatic hydroxyl groups excluding tert-OH is 1. The van der Waals surface area contributed by atoms with Crippen LogP contribution in [0.1, 0.15) is 52.1 Å². The molecule has 0 radical (unpaired) electrons. The maximum Gasteiger partial charge on any atom is 0.208 e. The number of likely N-dealkylation sites (tertiary alicyclic amines) is 1. The molecule has 2 aromatic heterocycles. The van der Waals surface area contributed by atoms with Crippen molar-refractivity contribution in [1.29, 1.82) is 5.26 Å². The minimum absolute atomic E-state index is 0.203. The zero-order chi connectivity index (χ0) is 36.5. The minimum Gasteiger partial charge on any atom is -0.493 e. The van der Waals surface area contributed by atoms with Gasteiger partial charge in [0.2, 0.25) is 5.89 Å². The van der Waals surface area contributed by atoms with Crippen LogP contribution in [0.15, 0.2) is 83.9 Å². The molecule has 0 aliphatic carbocycles. The van der Waals surface area contributed by atoms with Gasteiger partial charge in [-0.25, -0.2) is 4.98 Å². The van der Waals surface area contributed by atoms with Gasteiger partial charge >= 0.3 is 0 Å². The smallest absolute Gasteiger partial charge is 0.208 e. The number of halogens is 1. The second kappa shape index (κ2) is 17.5. The summed E-state index contributed by atoms with van der Waals surface area (Å²) in [6.45, 7) is 8.98. The Hall–Kier alpha value is -4.92. The van der Waals surface area contributed by atoms with E-state index in [-0.39, 0.29) is 12.7 Å². The van der Waals surface area contributed by atoms with Crippen LogP contribution < -0.4 is 14.2 Å². The Bertz CT molecular complexity index is 2000. The first-order chi connectivity index (χ1) is 25.3. The van der Waals surface area contributed by atoms with E-state index in [1.807, 2.05) is 37.4 Å². The predicted molar refractivity (Wildman–Crippen MR) is 199 cm³/mol. The van der Waals surface area contributed by atoms with Gasteiger partial charge in [-0.1, -0.05) is 41.9 Å². The van der Waals surface area contributed by atoms with Gasteiger partial charge in [0, 0.05) is 55.8 Å². The number of ether oxygens (including phenoxy) is 3. The van der Waals surface area contributed by atoms with E-state index >= 15 is 0 Å². The van der Waals surface area contributed by atoms with E-state index in [0.29, 0.717) is 54.3 Å². The van der Waals surface area contributed by atoms with E-state index in [1.165, 1.54) is 6.20 Å². The highest BCUT2D eigenvalue weighted by Gasteiger charge is 2.20. The Morgan fingerprint density at radius 2 is 1.77 bits per heavy atom. The summed E-state index contributed by atoms with van der Waals surface area (Å²) in [5.74, 6) is 2.59. The van der Waals surface area contributed by atoms with Gasteiger partial charge in [0.1, 0.15) is 42.8 Å². The highest BCUT2D eigenvalue weighted by atomic mass is 35.5. The van der Waals surface area contributed by atoms with Crippen molar-refractivity contribution >= 4 is 11.6 Å². The fourth-order valence-electron chi connectivity index (χ4n) is 6.48. The lowest BCUT2D eigenvalue weighted by Crippen LogP contribution is -2.24. The molecule has 10 nitrogen and oxygen atoms in total. The first-order valence-electron chi connectivity index (χ1n) is 17.5. The molecule has 11 heteroatoms. The molecule has 1 atom stereocenters. The largest absolute Gasteiger partial charge is 0.493 e. The summed E-state index contributed by atoms with van der Waals surface area (Å²) in [4.78, 5) is 12.7. The Morgan fingerprint density at radius 1 is 0.962 bits per heavy atom. The molecule has 1 unspecified atom stereocenters. The molecular formula is C41H44ClN5O5. The van der Waals surface area contributed by atoms with Crippen molar-refractivity contribution in [2.75, 3.05) is 33.3 Å². The van der Waals surface area contributed by atoms with Gasteiger partial charge in [0.15, 0.2) is 0 Å². The Morgan fingerprint density at radius 3 is 2.54 bits per heavy atom. The second-order valence-electron chi connectivity index (χ2n) is 13.2. The molecule has 1 aliphatic rings. The van der Waals surface area contributed by atoms with Crippen LogP contribution in [0.25, 0.3) is 11.1 Å². The van der Waals surface area contributed by atoms with Crippen LogP contribution >= 0.6 is 11.6 Å². The molecule has 3 heterocycles. The molecule has 0 saturated carbocycles. The quantitative estimate of drug-likeness (QED) is 0.103.